The van der Waals surface area contributed by atoms with Crippen molar-refractivity contribution in [2.75, 3.05) is 6.54 Å². The third kappa shape index (κ3) is 5.97. The second kappa shape index (κ2) is 11.2. The van der Waals surface area contributed by atoms with Crippen LogP contribution in [0.3, 0.4) is 0 Å². The molecule has 12 nitrogen and oxygen atoms in total. The third-order valence-electron chi connectivity index (χ3n) is 6.61. The van der Waals surface area contributed by atoms with Crippen molar-refractivity contribution in [2.45, 2.75) is 56.8 Å². The van der Waals surface area contributed by atoms with E-state index in [9.17, 15) is 19.2 Å². The van der Waals surface area contributed by atoms with Gasteiger partial charge in [0.2, 0.25) is 17.7 Å². The molecule has 4 unspecified atom stereocenters. The molecule has 3 aromatic rings. The fraction of sp³-hybridized carbons (Fsp3) is 0.400. The molecule has 4 atom stereocenters. The Morgan fingerprint density at radius 3 is 2.70 bits per heavy atom. The first-order chi connectivity index (χ1) is 17.7. The van der Waals surface area contributed by atoms with Gasteiger partial charge in [0, 0.05) is 42.0 Å². The first-order valence-corrected chi connectivity index (χ1v) is 12.2. The molecule has 0 spiro atoms. The molecule has 1 aliphatic rings. The SMILES string of the molecule is CC(NC(=O)C1CCCN1C(=O)C(Cc1cnc[nH]1)NC(=O)C(N)Cc1c[nH]c2ccccc12)C(=O)O. The number of aliphatic carboxylic acids is 1. The van der Waals surface area contributed by atoms with Crippen LogP contribution < -0.4 is 16.4 Å². The number of carboxylic acid groups (broad SMARTS) is 1. The maximum absolute atomic E-state index is 13.6. The maximum atomic E-state index is 13.6. The quantitative estimate of drug-likeness (QED) is 0.223. The number of carbonyl (C=O) groups is 4. The van der Waals surface area contributed by atoms with Crippen molar-refractivity contribution in [3.05, 3.63) is 54.2 Å². The normalized spacial score (nSPS) is 17.8. The predicted molar refractivity (Wildman–Crippen MR) is 134 cm³/mol. The van der Waals surface area contributed by atoms with Crippen molar-refractivity contribution in [1.29, 1.82) is 0 Å². The van der Waals surface area contributed by atoms with E-state index in [2.05, 4.69) is 25.6 Å². The summed E-state index contributed by atoms with van der Waals surface area (Å²) >= 11 is 0. The van der Waals surface area contributed by atoms with Crippen LogP contribution in [0.4, 0.5) is 0 Å². The van der Waals surface area contributed by atoms with E-state index in [1.807, 2.05) is 30.5 Å². The molecule has 1 saturated heterocycles. The van der Waals surface area contributed by atoms with E-state index in [0.29, 0.717) is 25.1 Å². The molecule has 4 rings (SSSR count). The molecule has 2 aromatic heterocycles. The van der Waals surface area contributed by atoms with Crippen LogP contribution in [0, 0.1) is 0 Å². The van der Waals surface area contributed by atoms with Crippen molar-refractivity contribution in [3.63, 3.8) is 0 Å². The molecule has 0 aliphatic carbocycles. The van der Waals surface area contributed by atoms with E-state index in [-0.39, 0.29) is 12.8 Å². The van der Waals surface area contributed by atoms with E-state index >= 15 is 0 Å². The molecule has 1 fully saturated rings. The van der Waals surface area contributed by atoms with E-state index in [4.69, 9.17) is 10.8 Å². The van der Waals surface area contributed by atoms with Crippen molar-refractivity contribution < 1.29 is 24.3 Å². The average Bonchev–Trinajstić information content (AvgIpc) is 3.64. The summed E-state index contributed by atoms with van der Waals surface area (Å²) in [5.41, 5.74) is 8.70. The molecule has 1 aliphatic heterocycles. The van der Waals surface area contributed by atoms with E-state index in [1.165, 1.54) is 18.2 Å². The molecule has 3 amide bonds. The Kier molecular flexibility index (Phi) is 7.87. The van der Waals surface area contributed by atoms with Gasteiger partial charge in [-0.3, -0.25) is 19.2 Å². The first kappa shape index (κ1) is 25.9. The van der Waals surface area contributed by atoms with Gasteiger partial charge in [0.25, 0.3) is 0 Å². The molecule has 0 radical (unpaired) electrons. The van der Waals surface area contributed by atoms with Crippen LogP contribution in [-0.4, -0.2) is 79.4 Å². The predicted octanol–water partition coefficient (Wildman–Crippen LogP) is 0.0686. The summed E-state index contributed by atoms with van der Waals surface area (Å²) in [4.78, 5) is 62.1. The van der Waals surface area contributed by atoms with Gasteiger partial charge in [0.05, 0.1) is 12.4 Å². The van der Waals surface area contributed by atoms with E-state index in [1.54, 1.807) is 6.20 Å². The van der Waals surface area contributed by atoms with Crippen molar-refractivity contribution in [1.82, 2.24) is 30.5 Å². The summed E-state index contributed by atoms with van der Waals surface area (Å²) in [5, 5.41) is 15.3. The first-order valence-electron chi connectivity index (χ1n) is 12.2. The highest BCUT2D eigenvalue weighted by molar-refractivity contribution is 5.95. The second-order valence-electron chi connectivity index (χ2n) is 9.27. The summed E-state index contributed by atoms with van der Waals surface area (Å²) in [6, 6.07) is 3.88. The van der Waals surface area contributed by atoms with Gasteiger partial charge in [-0.2, -0.15) is 0 Å². The molecule has 12 heteroatoms. The van der Waals surface area contributed by atoms with Crippen LogP contribution >= 0.6 is 0 Å². The number of amides is 3. The Bertz CT molecular complexity index is 1270. The van der Waals surface area contributed by atoms with Crippen molar-refractivity contribution >= 4 is 34.6 Å². The number of H-pyrrole nitrogens is 2. The smallest absolute Gasteiger partial charge is 0.325 e. The average molecular weight is 510 g/mol. The minimum absolute atomic E-state index is 0.126. The Morgan fingerprint density at radius 2 is 1.97 bits per heavy atom. The number of hydrogen-bond donors (Lipinski definition) is 6. The molecule has 3 heterocycles. The number of imidazole rings is 1. The van der Waals surface area contributed by atoms with Gasteiger partial charge in [-0.1, -0.05) is 18.2 Å². The van der Waals surface area contributed by atoms with Crippen molar-refractivity contribution in [2.24, 2.45) is 5.73 Å². The number of fused-ring (bicyclic) bond motifs is 1. The Morgan fingerprint density at radius 1 is 1.19 bits per heavy atom. The molecule has 0 bridgehead atoms. The van der Waals surface area contributed by atoms with Crippen LogP contribution in [0.1, 0.15) is 31.0 Å². The van der Waals surface area contributed by atoms with Gasteiger partial charge >= 0.3 is 5.97 Å². The molecular formula is C25H31N7O5. The van der Waals surface area contributed by atoms with Crippen LogP contribution in [0.2, 0.25) is 0 Å². The molecule has 196 valence electrons. The lowest BCUT2D eigenvalue weighted by atomic mass is 10.0. The zero-order valence-electron chi connectivity index (χ0n) is 20.4. The lowest BCUT2D eigenvalue weighted by Crippen LogP contribution is -2.57. The number of aromatic nitrogens is 3. The third-order valence-corrected chi connectivity index (χ3v) is 6.61. The maximum Gasteiger partial charge on any atom is 0.325 e. The number of para-hydroxylation sites is 1. The molecule has 37 heavy (non-hydrogen) atoms. The van der Waals surface area contributed by atoms with Crippen LogP contribution in [0.15, 0.2) is 43.0 Å². The summed E-state index contributed by atoms with van der Waals surface area (Å²) in [5.74, 6) is -2.65. The highest BCUT2D eigenvalue weighted by atomic mass is 16.4. The number of nitrogens with two attached hydrogens (primary N) is 1. The topological polar surface area (TPSA) is 186 Å². The minimum atomic E-state index is -1.17. The number of nitrogens with zero attached hydrogens (tertiary/aromatic N) is 2. The fourth-order valence-corrected chi connectivity index (χ4v) is 4.60. The summed E-state index contributed by atoms with van der Waals surface area (Å²) in [7, 11) is 0. The minimum Gasteiger partial charge on any atom is -0.480 e. The van der Waals surface area contributed by atoms with Crippen molar-refractivity contribution in [3.8, 4) is 0 Å². The molecule has 7 N–H and O–H groups in total. The van der Waals surface area contributed by atoms with Gasteiger partial charge in [0.1, 0.15) is 18.1 Å². The number of hydrogen-bond acceptors (Lipinski definition) is 6. The highest BCUT2D eigenvalue weighted by Crippen LogP contribution is 2.21. The number of benzene rings is 1. The number of carbonyl (C=O) groups excluding carboxylic acids is 3. The number of carboxylic acids is 1. The van der Waals surface area contributed by atoms with E-state index in [0.717, 1.165) is 16.5 Å². The molecule has 1 aromatic carbocycles. The Hall–Kier alpha value is -4.19. The number of aromatic amines is 2. The Balaban J connectivity index is 1.48. The highest BCUT2D eigenvalue weighted by Gasteiger charge is 2.39. The zero-order valence-corrected chi connectivity index (χ0v) is 20.4. The van der Waals surface area contributed by atoms with Gasteiger partial charge in [-0.05, 0) is 37.8 Å². The monoisotopic (exact) mass is 509 g/mol. The molecule has 0 saturated carbocycles. The van der Waals surface area contributed by atoms with Crippen LogP contribution in [-0.2, 0) is 32.0 Å². The summed E-state index contributed by atoms with van der Waals surface area (Å²) < 4.78 is 0. The van der Waals surface area contributed by atoms with Crippen LogP contribution in [0.5, 0.6) is 0 Å². The van der Waals surface area contributed by atoms with Gasteiger partial charge < -0.3 is 36.3 Å². The van der Waals surface area contributed by atoms with Gasteiger partial charge in [-0.15, -0.1) is 0 Å². The zero-order chi connectivity index (χ0) is 26.5. The van der Waals surface area contributed by atoms with Crippen LogP contribution in [0.25, 0.3) is 10.9 Å². The van der Waals surface area contributed by atoms with Gasteiger partial charge in [0.15, 0.2) is 0 Å². The van der Waals surface area contributed by atoms with Gasteiger partial charge in [-0.25, -0.2) is 4.98 Å². The second-order valence-corrected chi connectivity index (χ2v) is 9.27. The number of rotatable bonds is 10. The standard InChI is InChI=1S/C25H31N7O5/c1-14(25(36)37)30-23(34)21-7-4-8-32(21)24(35)20(10-16-12-27-13-29-16)31-22(33)18(26)9-15-11-28-19-6-3-2-5-17(15)19/h2-3,5-6,11-14,18,20-21,28H,4,7-10,26H2,1H3,(H,27,29)(H,30,34)(H,31,33)(H,36,37). The van der Waals surface area contributed by atoms with E-state index < -0.39 is 47.9 Å². The molecular weight excluding hydrogens is 478 g/mol. The largest absolute Gasteiger partial charge is 0.480 e. The fourth-order valence-electron chi connectivity index (χ4n) is 4.60. The lowest BCUT2D eigenvalue weighted by Gasteiger charge is -2.29. The summed E-state index contributed by atoms with van der Waals surface area (Å²) in [6.45, 7) is 1.67. The summed E-state index contributed by atoms with van der Waals surface area (Å²) in [6.07, 6.45) is 6.21. The number of likely N-dealkylation sites (tertiary alicyclic amines) is 1. The lowest BCUT2D eigenvalue weighted by molar-refractivity contribution is -0.144. The number of nitrogens with one attached hydrogen (secondary N) is 4. The Labute approximate surface area is 213 Å².